The normalized spacial score (nSPS) is 14.9. The first-order valence-corrected chi connectivity index (χ1v) is 6.58. The molecule has 0 atom stereocenters. The minimum Gasteiger partial charge on any atom is -0.550 e. The quantitative estimate of drug-likeness (QED) is 0.818. The van der Waals surface area contributed by atoms with Crippen LogP contribution in [0.2, 0.25) is 0 Å². The number of carboxylic acid groups (broad SMARTS) is 1. The molecule has 108 valence electrons. The first kappa shape index (κ1) is 14.3. The third kappa shape index (κ3) is 3.96. The van der Waals surface area contributed by atoms with Gasteiger partial charge in [0.25, 0.3) is 0 Å². The van der Waals surface area contributed by atoms with Crippen molar-refractivity contribution in [2.75, 3.05) is 36.5 Å². The number of nitrogens with one attached hydrogen (secondary N) is 1. The van der Waals surface area contributed by atoms with Gasteiger partial charge in [-0.3, -0.25) is 4.79 Å². The Morgan fingerprint density at radius 2 is 1.90 bits per heavy atom. The van der Waals surface area contributed by atoms with E-state index in [-0.39, 0.29) is 18.7 Å². The highest BCUT2D eigenvalue weighted by Crippen LogP contribution is 2.26. The molecule has 1 amide bonds. The van der Waals surface area contributed by atoms with Crippen LogP contribution in [-0.4, -0.2) is 38.2 Å². The Hall–Kier alpha value is -2.08. The molecule has 1 aliphatic rings. The second-order valence-corrected chi connectivity index (χ2v) is 4.54. The molecule has 6 heteroatoms. The largest absolute Gasteiger partial charge is 0.550 e. The topological polar surface area (TPSA) is 81.7 Å². The predicted molar refractivity (Wildman–Crippen MR) is 72.3 cm³/mol. The van der Waals surface area contributed by atoms with Crippen molar-refractivity contribution >= 4 is 23.3 Å². The summed E-state index contributed by atoms with van der Waals surface area (Å²) in [6, 6.07) is 7.47. The lowest BCUT2D eigenvalue weighted by Gasteiger charge is -2.30. The van der Waals surface area contributed by atoms with E-state index in [1.807, 2.05) is 24.3 Å². The van der Waals surface area contributed by atoms with Gasteiger partial charge < -0.3 is 24.9 Å². The zero-order valence-electron chi connectivity index (χ0n) is 11.1. The molecule has 0 unspecified atom stereocenters. The maximum atomic E-state index is 11.7. The number of ether oxygens (including phenoxy) is 1. The van der Waals surface area contributed by atoms with Crippen LogP contribution in [0.4, 0.5) is 11.4 Å². The fourth-order valence-corrected chi connectivity index (χ4v) is 2.09. The predicted octanol–water partition coefficient (Wildman–Crippen LogP) is -0.00820. The highest BCUT2D eigenvalue weighted by Gasteiger charge is 2.15. The van der Waals surface area contributed by atoms with Gasteiger partial charge in [-0.05, 0) is 18.6 Å². The van der Waals surface area contributed by atoms with Crippen molar-refractivity contribution in [3.8, 4) is 0 Å². The van der Waals surface area contributed by atoms with Crippen LogP contribution < -0.4 is 15.3 Å². The van der Waals surface area contributed by atoms with Gasteiger partial charge in [-0.25, -0.2) is 0 Å². The summed E-state index contributed by atoms with van der Waals surface area (Å²) in [4.78, 5) is 24.2. The molecule has 0 spiro atoms. The maximum absolute atomic E-state index is 11.7. The number of benzene rings is 1. The molecule has 1 heterocycles. The van der Waals surface area contributed by atoms with Crippen molar-refractivity contribution in [2.24, 2.45) is 0 Å². The van der Waals surface area contributed by atoms with E-state index in [9.17, 15) is 14.7 Å². The van der Waals surface area contributed by atoms with Crippen molar-refractivity contribution in [1.82, 2.24) is 0 Å². The Morgan fingerprint density at radius 3 is 2.60 bits per heavy atom. The molecule has 0 aliphatic carbocycles. The summed E-state index contributed by atoms with van der Waals surface area (Å²) in [5, 5.41) is 13.1. The van der Waals surface area contributed by atoms with E-state index in [0.29, 0.717) is 18.9 Å². The number of hydrogen-bond donors (Lipinski definition) is 1. The van der Waals surface area contributed by atoms with E-state index in [1.54, 1.807) is 0 Å². The number of carboxylic acids is 1. The molecule has 0 bridgehead atoms. The number of aliphatic carboxylic acids is 1. The average molecular weight is 277 g/mol. The fourth-order valence-electron chi connectivity index (χ4n) is 2.09. The summed E-state index contributed by atoms with van der Waals surface area (Å²) in [7, 11) is 0. The Kier molecular flexibility index (Phi) is 4.95. The molecule has 0 radical (unpaired) electrons. The second-order valence-electron chi connectivity index (χ2n) is 4.54. The number of hydrogen-bond acceptors (Lipinski definition) is 5. The maximum Gasteiger partial charge on any atom is 0.224 e. The molecule has 1 fully saturated rings. The summed E-state index contributed by atoms with van der Waals surface area (Å²) < 4.78 is 5.31. The number of carbonyl (C=O) groups is 2. The van der Waals surface area contributed by atoms with Gasteiger partial charge in [0.2, 0.25) is 5.91 Å². The number of rotatable bonds is 5. The van der Waals surface area contributed by atoms with Gasteiger partial charge >= 0.3 is 0 Å². The lowest BCUT2D eigenvalue weighted by atomic mass is 10.2. The monoisotopic (exact) mass is 277 g/mol. The van der Waals surface area contributed by atoms with E-state index >= 15 is 0 Å². The minimum atomic E-state index is -1.22. The van der Waals surface area contributed by atoms with Crippen LogP contribution in [0.1, 0.15) is 12.8 Å². The first-order valence-electron chi connectivity index (χ1n) is 6.58. The number of carbonyl (C=O) groups excluding carboxylic acids is 2. The molecular weight excluding hydrogens is 260 g/mol. The Morgan fingerprint density at radius 1 is 1.20 bits per heavy atom. The third-order valence-electron chi connectivity index (χ3n) is 3.09. The van der Waals surface area contributed by atoms with Crippen LogP contribution in [0.15, 0.2) is 24.3 Å². The SMILES string of the molecule is O=C([O-])CCC(=O)Nc1ccccc1N1CCOCC1. The highest BCUT2D eigenvalue weighted by molar-refractivity contribution is 5.95. The standard InChI is InChI=1S/C14H18N2O4/c17-13(5-6-14(18)19)15-11-3-1-2-4-12(11)16-7-9-20-10-8-16/h1-4H,5-10H2,(H,15,17)(H,18,19)/p-1. The van der Waals surface area contributed by atoms with Crippen LogP contribution in [-0.2, 0) is 14.3 Å². The lowest BCUT2D eigenvalue weighted by molar-refractivity contribution is -0.305. The number of morpholine rings is 1. The van der Waals surface area contributed by atoms with Gasteiger partial charge in [0.1, 0.15) is 0 Å². The van der Waals surface area contributed by atoms with Gasteiger partial charge in [0.15, 0.2) is 0 Å². The molecular formula is C14H17N2O4-. The highest BCUT2D eigenvalue weighted by atomic mass is 16.5. The van der Waals surface area contributed by atoms with E-state index in [0.717, 1.165) is 18.8 Å². The first-order chi connectivity index (χ1) is 9.66. The van der Waals surface area contributed by atoms with E-state index in [1.165, 1.54) is 0 Å². The Balaban J connectivity index is 2.03. The Labute approximate surface area is 117 Å². The van der Waals surface area contributed by atoms with Crippen molar-refractivity contribution in [2.45, 2.75) is 12.8 Å². The molecule has 2 rings (SSSR count). The number of amides is 1. The van der Waals surface area contributed by atoms with Crippen molar-refractivity contribution in [3.63, 3.8) is 0 Å². The van der Waals surface area contributed by atoms with Gasteiger partial charge in [0, 0.05) is 25.5 Å². The summed E-state index contributed by atoms with van der Waals surface area (Å²) in [6.45, 7) is 2.86. The molecule has 1 aromatic carbocycles. The third-order valence-corrected chi connectivity index (χ3v) is 3.09. The fraction of sp³-hybridized carbons (Fsp3) is 0.429. The summed E-state index contributed by atoms with van der Waals surface area (Å²) in [5.74, 6) is -1.54. The second kappa shape index (κ2) is 6.91. The van der Waals surface area contributed by atoms with Gasteiger partial charge in [-0.2, -0.15) is 0 Å². The van der Waals surface area contributed by atoms with Gasteiger partial charge in [0.05, 0.1) is 24.6 Å². The van der Waals surface area contributed by atoms with Gasteiger partial charge in [-0.15, -0.1) is 0 Å². The van der Waals surface area contributed by atoms with Crippen LogP contribution in [0.5, 0.6) is 0 Å². The lowest BCUT2D eigenvalue weighted by Crippen LogP contribution is -2.36. The number of nitrogens with zero attached hydrogens (tertiary/aromatic N) is 1. The minimum absolute atomic E-state index is 0.0836. The van der Waals surface area contributed by atoms with Crippen LogP contribution in [0.3, 0.4) is 0 Å². The summed E-state index contributed by atoms with van der Waals surface area (Å²) in [5.41, 5.74) is 1.62. The Bertz CT molecular complexity index is 484. The molecule has 1 saturated heterocycles. The van der Waals surface area contributed by atoms with Crippen molar-refractivity contribution in [1.29, 1.82) is 0 Å². The number of anilines is 2. The summed E-state index contributed by atoms with van der Waals surface area (Å²) in [6.07, 6.45) is -0.356. The van der Waals surface area contributed by atoms with Crippen LogP contribution in [0.25, 0.3) is 0 Å². The molecule has 1 N–H and O–H groups in total. The molecule has 1 aliphatic heterocycles. The van der Waals surface area contributed by atoms with E-state index in [4.69, 9.17) is 4.74 Å². The molecule has 6 nitrogen and oxygen atoms in total. The molecule has 1 aromatic rings. The summed E-state index contributed by atoms with van der Waals surface area (Å²) >= 11 is 0. The van der Waals surface area contributed by atoms with E-state index in [2.05, 4.69) is 10.2 Å². The van der Waals surface area contributed by atoms with Crippen molar-refractivity contribution < 1.29 is 19.4 Å². The molecule has 0 saturated carbocycles. The molecule has 0 aromatic heterocycles. The average Bonchev–Trinajstić information content (AvgIpc) is 2.47. The van der Waals surface area contributed by atoms with Crippen LogP contribution in [0, 0.1) is 0 Å². The van der Waals surface area contributed by atoms with Crippen LogP contribution >= 0.6 is 0 Å². The van der Waals surface area contributed by atoms with Crippen molar-refractivity contribution in [3.05, 3.63) is 24.3 Å². The smallest absolute Gasteiger partial charge is 0.224 e. The zero-order chi connectivity index (χ0) is 14.4. The van der Waals surface area contributed by atoms with Gasteiger partial charge in [-0.1, -0.05) is 12.1 Å². The zero-order valence-corrected chi connectivity index (χ0v) is 11.1. The number of para-hydroxylation sites is 2. The van der Waals surface area contributed by atoms with E-state index < -0.39 is 5.97 Å². The molecule has 20 heavy (non-hydrogen) atoms.